The van der Waals surface area contributed by atoms with Crippen molar-refractivity contribution in [3.05, 3.63) is 53.6 Å². The molecule has 0 bridgehead atoms. The Morgan fingerprint density at radius 2 is 2.00 bits per heavy atom. The van der Waals surface area contributed by atoms with Gasteiger partial charge in [-0.05, 0) is 30.5 Å². The molecule has 2 atom stereocenters. The average molecular weight is 388 g/mol. The summed E-state index contributed by atoms with van der Waals surface area (Å²) in [6, 6.07) is 7.34. The number of hydrogen-bond donors (Lipinski definition) is 0. The van der Waals surface area contributed by atoms with E-state index in [1.165, 1.54) is 0 Å². The Bertz CT molecular complexity index is 775. The summed E-state index contributed by atoms with van der Waals surface area (Å²) in [5.41, 5.74) is 0.950. The fourth-order valence-electron chi connectivity index (χ4n) is 3.88. The summed E-state index contributed by atoms with van der Waals surface area (Å²) >= 11 is 6.19. The number of likely N-dealkylation sites (tertiary alicyclic amines) is 1. The molecule has 0 N–H and O–H groups in total. The number of halogens is 1. The third kappa shape index (κ3) is 4.59. The average Bonchev–Trinajstić information content (AvgIpc) is 3.25. The highest BCUT2D eigenvalue weighted by Crippen LogP contribution is 2.39. The predicted octanol–water partition coefficient (Wildman–Crippen LogP) is 4.28. The smallest absolute Gasteiger partial charge is 0.290 e. The van der Waals surface area contributed by atoms with Crippen molar-refractivity contribution in [2.75, 3.05) is 6.54 Å². The summed E-state index contributed by atoms with van der Waals surface area (Å²) in [6.07, 6.45) is 10.0. The summed E-state index contributed by atoms with van der Waals surface area (Å²) in [4.78, 5) is 31.3. The van der Waals surface area contributed by atoms with Crippen molar-refractivity contribution in [1.82, 2.24) is 14.5 Å². The maximum Gasteiger partial charge on any atom is 0.290 e. The number of Topliss-reactive ketones (excluding diaryl/α,β-unsaturated/α-hetero) is 1. The molecule has 5 nitrogen and oxygen atoms in total. The van der Waals surface area contributed by atoms with E-state index in [1.54, 1.807) is 17.4 Å². The minimum atomic E-state index is -0.355. The fraction of sp³-hybridized carbons (Fsp3) is 0.476. The molecule has 0 saturated carbocycles. The first-order valence-corrected chi connectivity index (χ1v) is 10.1. The first kappa shape index (κ1) is 19.6. The molecule has 1 amide bonds. The number of amides is 1. The Kier molecular flexibility index (Phi) is 6.67. The highest BCUT2D eigenvalue weighted by atomic mass is 35.5. The molecule has 2 aromatic rings. The van der Waals surface area contributed by atoms with E-state index in [9.17, 15) is 9.59 Å². The highest BCUT2D eigenvalue weighted by Gasteiger charge is 2.47. The molecule has 1 aliphatic rings. The van der Waals surface area contributed by atoms with Crippen molar-refractivity contribution in [2.24, 2.45) is 5.92 Å². The van der Waals surface area contributed by atoms with E-state index in [0.717, 1.165) is 44.2 Å². The SMILES string of the molecule is CCCCCC1C(=O)C(=O)N(CCCn2ccnc2)C1c1cccc(Cl)c1. The summed E-state index contributed by atoms with van der Waals surface area (Å²) in [5, 5.41) is 0.630. The second kappa shape index (κ2) is 9.18. The van der Waals surface area contributed by atoms with Gasteiger partial charge >= 0.3 is 0 Å². The van der Waals surface area contributed by atoms with E-state index in [1.807, 2.05) is 35.0 Å². The van der Waals surface area contributed by atoms with Gasteiger partial charge in [0.15, 0.2) is 0 Å². The van der Waals surface area contributed by atoms with E-state index < -0.39 is 0 Å². The van der Waals surface area contributed by atoms with Crippen LogP contribution in [-0.4, -0.2) is 32.7 Å². The lowest BCUT2D eigenvalue weighted by Gasteiger charge is -2.28. The zero-order chi connectivity index (χ0) is 19.2. The molecule has 1 aromatic carbocycles. The van der Waals surface area contributed by atoms with Gasteiger partial charge in [-0.2, -0.15) is 0 Å². The Balaban J connectivity index is 1.79. The lowest BCUT2D eigenvalue weighted by molar-refractivity contribution is -0.141. The summed E-state index contributed by atoms with van der Waals surface area (Å²) in [7, 11) is 0. The van der Waals surface area contributed by atoms with Crippen LogP contribution in [-0.2, 0) is 16.1 Å². The maximum atomic E-state index is 12.7. The number of ketones is 1. The van der Waals surface area contributed by atoms with Gasteiger partial charge in [0.1, 0.15) is 0 Å². The number of imidazole rings is 1. The van der Waals surface area contributed by atoms with Gasteiger partial charge in [-0.15, -0.1) is 0 Å². The highest BCUT2D eigenvalue weighted by molar-refractivity contribution is 6.39. The first-order valence-electron chi connectivity index (χ1n) is 9.68. The number of rotatable bonds is 9. The van der Waals surface area contributed by atoms with Crippen LogP contribution in [0, 0.1) is 5.92 Å². The molecule has 6 heteroatoms. The number of carbonyl (C=O) groups excluding carboxylic acids is 2. The molecule has 1 fully saturated rings. The number of aryl methyl sites for hydroxylation is 1. The molecule has 144 valence electrons. The fourth-order valence-corrected chi connectivity index (χ4v) is 4.08. The van der Waals surface area contributed by atoms with E-state index in [0.29, 0.717) is 11.6 Å². The largest absolute Gasteiger partial charge is 0.337 e. The molecule has 0 aliphatic carbocycles. The molecular formula is C21H26ClN3O2. The van der Waals surface area contributed by atoms with Gasteiger partial charge in [0.2, 0.25) is 5.78 Å². The van der Waals surface area contributed by atoms with Gasteiger partial charge < -0.3 is 9.47 Å². The molecule has 27 heavy (non-hydrogen) atoms. The number of nitrogens with zero attached hydrogens (tertiary/aromatic N) is 3. The first-order chi connectivity index (χ1) is 13.1. The van der Waals surface area contributed by atoms with Crippen molar-refractivity contribution < 1.29 is 9.59 Å². The van der Waals surface area contributed by atoms with Gasteiger partial charge in [-0.1, -0.05) is 49.9 Å². The number of hydrogen-bond acceptors (Lipinski definition) is 3. The van der Waals surface area contributed by atoms with Crippen LogP contribution in [0.2, 0.25) is 5.02 Å². The lowest BCUT2D eigenvalue weighted by Crippen LogP contribution is -2.31. The van der Waals surface area contributed by atoms with Crippen molar-refractivity contribution in [1.29, 1.82) is 0 Å². The molecule has 0 radical (unpaired) electrons. The Morgan fingerprint density at radius 1 is 1.15 bits per heavy atom. The van der Waals surface area contributed by atoms with Crippen LogP contribution in [0.1, 0.15) is 50.6 Å². The second-order valence-electron chi connectivity index (χ2n) is 7.12. The second-order valence-corrected chi connectivity index (χ2v) is 7.56. The number of benzene rings is 1. The molecule has 3 rings (SSSR count). The molecule has 2 unspecified atom stereocenters. The van der Waals surface area contributed by atoms with Crippen molar-refractivity contribution >= 4 is 23.3 Å². The van der Waals surface area contributed by atoms with Gasteiger partial charge in [0, 0.05) is 30.5 Å². The minimum absolute atomic E-state index is 0.219. The zero-order valence-electron chi connectivity index (χ0n) is 15.7. The van der Waals surface area contributed by atoms with E-state index >= 15 is 0 Å². The lowest BCUT2D eigenvalue weighted by atomic mass is 9.88. The number of aromatic nitrogens is 2. The normalized spacial score (nSPS) is 19.9. The molecule has 1 aromatic heterocycles. The van der Waals surface area contributed by atoms with Crippen LogP contribution in [0.25, 0.3) is 0 Å². The van der Waals surface area contributed by atoms with Gasteiger partial charge in [0.05, 0.1) is 18.3 Å². The van der Waals surface area contributed by atoms with E-state index in [2.05, 4.69) is 11.9 Å². The van der Waals surface area contributed by atoms with E-state index in [4.69, 9.17) is 11.6 Å². The Hall–Kier alpha value is -2.14. The van der Waals surface area contributed by atoms with Crippen molar-refractivity contribution in [3.8, 4) is 0 Å². The Labute approximate surface area is 165 Å². The predicted molar refractivity (Wildman–Crippen MR) is 105 cm³/mol. The van der Waals surface area contributed by atoms with Gasteiger partial charge in [-0.3, -0.25) is 9.59 Å². The van der Waals surface area contributed by atoms with Crippen LogP contribution < -0.4 is 0 Å². The topological polar surface area (TPSA) is 55.2 Å². The van der Waals surface area contributed by atoms with Crippen LogP contribution in [0.3, 0.4) is 0 Å². The molecule has 0 spiro atoms. The molecule has 1 aliphatic heterocycles. The number of unbranched alkanes of at least 4 members (excludes halogenated alkanes) is 2. The zero-order valence-corrected chi connectivity index (χ0v) is 16.4. The molecular weight excluding hydrogens is 362 g/mol. The molecule has 1 saturated heterocycles. The van der Waals surface area contributed by atoms with Crippen LogP contribution >= 0.6 is 11.6 Å². The summed E-state index contributed by atoms with van der Waals surface area (Å²) in [5.74, 6) is -0.887. The van der Waals surface area contributed by atoms with E-state index in [-0.39, 0.29) is 23.7 Å². The third-order valence-corrected chi connectivity index (χ3v) is 5.44. The van der Waals surface area contributed by atoms with Gasteiger partial charge in [-0.25, -0.2) is 4.98 Å². The van der Waals surface area contributed by atoms with Crippen molar-refractivity contribution in [3.63, 3.8) is 0 Å². The third-order valence-electron chi connectivity index (χ3n) is 5.21. The summed E-state index contributed by atoms with van der Waals surface area (Å²) in [6.45, 7) is 3.45. The Morgan fingerprint density at radius 3 is 2.70 bits per heavy atom. The van der Waals surface area contributed by atoms with Crippen LogP contribution in [0.4, 0.5) is 0 Å². The van der Waals surface area contributed by atoms with Crippen LogP contribution in [0.15, 0.2) is 43.0 Å². The minimum Gasteiger partial charge on any atom is -0.337 e. The van der Waals surface area contributed by atoms with Crippen molar-refractivity contribution in [2.45, 2.75) is 51.6 Å². The molecule has 2 heterocycles. The standard InChI is InChI=1S/C21H26ClN3O2/c1-2-3-4-9-18-19(16-7-5-8-17(22)14-16)25(21(27)20(18)26)12-6-11-24-13-10-23-15-24/h5,7-8,10,13-15,18-19H,2-4,6,9,11-12H2,1H3. The number of carbonyl (C=O) groups is 2. The maximum absolute atomic E-state index is 12.7. The summed E-state index contributed by atoms with van der Waals surface area (Å²) < 4.78 is 1.98. The quantitative estimate of drug-likeness (QED) is 0.476. The van der Waals surface area contributed by atoms with Crippen LogP contribution in [0.5, 0.6) is 0 Å². The monoisotopic (exact) mass is 387 g/mol. The van der Waals surface area contributed by atoms with Gasteiger partial charge in [0.25, 0.3) is 5.91 Å².